The van der Waals surface area contributed by atoms with Crippen LogP contribution in [0, 0.1) is 5.41 Å². The molecular formula is C17H25NO4S. The van der Waals surface area contributed by atoms with Crippen molar-refractivity contribution in [2.24, 2.45) is 5.41 Å². The molecule has 5 nitrogen and oxygen atoms in total. The van der Waals surface area contributed by atoms with Crippen molar-refractivity contribution in [1.29, 1.82) is 0 Å². The molecule has 1 rings (SSSR count). The molecule has 0 unspecified atom stereocenters. The van der Waals surface area contributed by atoms with Gasteiger partial charge in [-0.25, -0.2) is 13.1 Å². The SMILES string of the molecule is CCOc1ccc(/C=C/C(=O)NS(=O)(=O)CCC(C)(C)C)cc1. The molecule has 128 valence electrons. The number of rotatable bonds is 7. The first-order chi connectivity index (χ1) is 10.6. The fourth-order valence-electron chi connectivity index (χ4n) is 1.69. The first-order valence-corrected chi connectivity index (χ1v) is 9.22. The molecule has 0 saturated carbocycles. The van der Waals surface area contributed by atoms with E-state index < -0.39 is 15.9 Å². The summed E-state index contributed by atoms with van der Waals surface area (Å²) in [5.74, 6) is 0.0331. The number of benzene rings is 1. The molecule has 1 aromatic rings. The molecule has 0 heterocycles. The third-order valence-corrected chi connectivity index (χ3v) is 4.25. The summed E-state index contributed by atoms with van der Waals surface area (Å²) in [7, 11) is -3.60. The maximum absolute atomic E-state index is 11.8. The minimum Gasteiger partial charge on any atom is -0.494 e. The fourth-order valence-corrected chi connectivity index (χ4v) is 3.05. The van der Waals surface area contributed by atoms with Gasteiger partial charge in [0.05, 0.1) is 12.4 Å². The molecule has 0 spiro atoms. The van der Waals surface area contributed by atoms with Crippen molar-refractivity contribution in [1.82, 2.24) is 4.72 Å². The van der Waals surface area contributed by atoms with Crippen LogP contribution in [0.15, 0.2) is 30.3 Å². The van der Waals surface area contributed by atoms with Crippen LogP contribution in [0.5, 0.6) is 5.75 Å². The minimum atomic E-state index is -3.60. The zero-order chi connectivity index (χ0) is 17.5. The van der Waals surface area contributed by atoms with E-state index in [1.807, 2.05) is 27.7 Å². The maximum atomic E-state index is 11.8. The van der Waals surface area contributed by atoms with Crippen molar-refractivity contribution in [2.45, 2.75) is 34.1 Å². The molecule has 0 aromatic heterocycles. The van der Waals surface area contributed by atoms with Gasteiger partial charge < -0.3 is 4.74 Å². The van der Waals surface area contributed by atoms with Crippen LogP contribution in [0.3, 0.4) is 0 Å². The molecule has 0 radical (unpaired) electrons. The number of sulfonamides is 1. The van der Waals surface area contributed by atoms with Crippen LogP contribution in [0.2, 0.25) is 0 Å². The second-order valence-electron chi connectivity index (χ2n) is 6.43. The van der Waals surface area contributed by atoms with Crippen LogP contribution in [0.25, 0.3) is 6.08 Å². The number of nitrogens with one attached hydrogen (secondary N) is 1. The Morgan fingerprint density at radius 2 is 1.83 bits per heavy atom. The summed E-state index contributed by atoms with van der Waals surface area (Å²) in [4.78, 5) is 11.7. The summed E-state index contributed by atoms with van der Waals surface area (Å²) in [6.45, 7) is 8.35. The Labute approximate surface area is 138 Å². The lowest BCUT2D eigenvalue weighted by Gasteiger charge is -2.17. The second kappa shape index (κ2) is 8.15. The molecular weight excluding hydrogens is 314 g/mol. The Balaban J connectivity index is 2.58. The molecule has 1 aromatic carbocycles. The number of hydrogen-bond acceptors (Lipinski definition) is 4. The zero-order valence-corrected chi connectivity index (χ0v) is 14.9. The van der Waals surface area contributed by atoms with E-state index in [4.69, 9.17) is 4.74 Å². The highest BCUT2D eigenvalue weighted by Crippen LogP contribution is 2.19. The Kier molecular flexibility index (Phi) is 6.81. The van der Waals surface area contributed by atoms with Crippen molar-refractivity contribution < 1.29 is 17.9 Å². The molecule has 0 saturated heterocycles. The Morgan fingerprint density at radius 1 is 1.22 bits per heavy atom. The van der Waals surface area contributed by atoms with Crippen molar-refractivity contribution in [2.75, 3.05) is 12.4 Å². The smallest absolute Gasteiger partial charge is 0.257 e. The van der Waals surface area contributed by atoms with Gasteiger partial charge in [-0.3, -0.25) is 4.79 Å². The first kappa shape index (κ1) is 19.2. The highest BCUT2D eigenvalue weighted by molar-refractivity contribution is 7.90. The predicted octanol–water partition coefficient (Wildman–Crippen LogP) is 2.98. The summed E-state index contributed by atoms with van der Waals surface area (Å²) in [6.07, 6.45) is 3.26. The fraction of sp³-hybridized carbons (Fsp3) is 0.471. The Bertz CT molecular complexity index is 640. The number of carbonyl (C=O) groups excluding carboxylic acids is 1. The molecule has 23 heavy (non-hydrogen) atoms. The van der Waals surface area contributed by atoms with Gasteiger partial charge >= 0.3 is 0 Å². The number of hydrogen-bond donors (Lipinski definition) is 1. The lowest BCUT2D eigenvalue weighted by molar-refractivity contribution is -0.114. The molecule has 1 N–H and O–H groups in total. The predicted molar refractivity (Wildman–Crippen MR) is 92.6 cm³/mol. The standard InChI is InChI=1S/C17H25NO4S/c1-5-22-15-9-6-14(7-10-15)8-11-16(19)18-23(20,21)13-12-17(2,3)4/h6-11H,5,12-13H2,1-4H3,(H,18,19)/b11-8+. The van der Waals surface area contributed by atoms with Crippen molar-refractivity contribution in [3.63, 3.8) is 0 Å². The molecule has 0 atom stereocenters. The normalized spacial score (nSPS) is 12.3. The lowest BCUT2D eigenvalue weighted by atomic mass is 9.94. The van der Waals surface area contributed by atoms with E-state index in [1.54, 1.807) is 30.3 Å². The third-order valence-electron chi connectivity index (χ3n) is 3.00. The molecule has 6 heteroatoms. The van der Waals surface area contributed by atoms with Gasteiger partial charge in [-0.1, -0.05) is 32.9 Å². The van der Waals surface area contributed by atoms with Gasteiger partial charge in [-0.05, 0) is 42.5 Å². The van der Waals surface area contributed by atoms with Gasteiger partial charge in [0.1, 0.15) is 5.75 Å². The van der Waals surface area contributed by atoms with Crippen LogP contribution in [0.1, 0.15) is 39.7 Å². The number of amides is 1. The van der Waals surface area contributed by atoms with E-state index >= 15 is 0 Å². The minimum absolute atomic E-state index is 0.0703. The molecule has 0 aliphatic rings. The van der Waals surface area contributed by atoms with E-state index in [-0.39, 0.29) is 11.2 Å². The number of ether oxygens (including phenoxy) is 1. The van der Waals surface area contributed by atoms with Crippen LogP contribution in [-0.4, -0.2) is 26.7 Å². The molecule has 0 aliphatic heterocycles. The monoisotopic (exact) mass is 339 g/mol. The van der Waals surface area contributed by atoms with Gasteiger partial charge in [-0.2, -0.15) is 0 Å². The maximum Gasteiger partial charge on any atom is 0.257 e. The average Bonchev–Trinajstić information content (AvgIpc) is 2.44. The van der Waals surface area contributed by atoms with Crippen molar-refractivity contribution in [3.05, 3.63) is 35.9 Å². The summed E-state index contributed by atoms with van der Waals surface area (Å²) in [6, 6.07) is 7.17. The second-order valence-corrected chi connectivity index (χ2v) is 8.27. The zero-order valence-electron chi connectivity index (χ0n) is 14.1. The van der Waals surface area contributed by atoms with E-state index in [2.05, 4.69) is 4.72 Å². The van der Waals surface area contributed by atoms with Crippen LogP contribution in [0.4, 0.5) is 0 Å². The summed E-state index contributed by atoms with van der Waals surface area (Å²) < 4.78 is 31.0. The average molecular weight is 339 g/mol. The Morgan fingerprint density at radius 3 is 2.35 bits per heavy atom. The largest absolute Gasteiger partial charge is 0.494 e. The quantitative estimate of drug-likeness (QED) is 0.775. The summed E-state index contributed by atoms with van der Waals surface area (Å²) >= 11 is 0. The van der Waals surface area contributed by atoms with E-state index in [0.29, 0.717) is 13.0 Å². The molecule has 0 aliphatic carbocycles. The molecule has 0 fully saturated rings. The van der Waals surface area contributed by atoms with Crippen LogP contribution < -0.4 is 9.46 Å². The third kappa shape index (κ3) is 8.40. The molecule has 1 amide bonds. The van der Waals surface area contributed by atoms with Gasteiger partial charge in [0.15, 0.2) is 0 Å². The highest BCUT2D eigenvalue weighted by Gasteiger charge is 2.18. The lowest BCUT2D eigenvalue weighted by Crippen LogP contribution is -2.32. The number of carbonyl (C=O) groups is 1. The van der Waals surface area contributed by atoms with Crippen molar-refractivity contribution in [3.8, 4) is 5.75 Å². The van der Waals surface area contributed by atoms with Crippen LogP contribution >= 0.6 is 0 Å². The van der Waals surface area contributed by atoms with Crippen LogP contribution in [-0.2, 0) is 14.8 Å². The van der Waals surface area contributed by atoms with Gasteiger partial charge in [0, 0.05) is 6.08 Å². The van der Waals surface area contributed by atoms with E-state index in [1.165, 1.54) is 6.08 Å². The summed E-state index contributed by atoms with van der Waals surface area (Å²) in [5.41, 5.74) is 0.686. The molecule has 0 bridgehead atoms. The summed E-state index contributed by atoms with van der Waals surface area (Å²) in [5, 5.41) is 0. The van der Waals surface area contributed by atoms with Gasteiger partial charge in [0.2, 0.25) is 10.0 Å². The van der Waals surface area contributed by atoms with Gasteiger partial charge in [-0.15, -0.1) is 0 Å². The van der Waals surface area contributed by atoms with E-state index in [0.717, 1.165) is 11.3 Å². The van der Waals surface area contributed by atoms with Crippen molar-refractivity contribution >= 4 is 22.0 Å². The topological polar surface area (TPSA) is 72.5 Å². The van der Waals surface area contributed by atoms with Gasteiger partial charge in [0.25, 0.3) is 5.91 Å². The Hall–Kier alpha value is -1.82. The first-order valence-electron chi connectivity index (χ1n) is 7.57. The van der Waals surface area contributed by atoms with E-state index in [9.17, 15) is 13.2 Å². The highest BCUT2D eigenvalue weighted by atomic mass is 32.2.